The van der Waals surface area contributed by atoms with Crippen LogP contribution in [0.3, 0.4) is 0 Å². The summed E-state index contributed by atoms with van der Waals surface area (Å²) >= 11 is 6.39. The van der Waals surface area contributed by atoms with Gasteiger partial charge in [0.15, 0.2) is 0 Å². The number of nitrogens with zero attached hydrogens (tertiary/aromatic N) is 3. The van der Waals surface area contributed by atoms with Crippen LogP contribution in [0.4, 0.5) is 5.82 Å². The summed E-state index contributed by atoms with van der Waals surface area (Å²) in [7, 11) is 0. The summed E-state index contributed by atoms with van der Waals surface area (Å²) in [5.41, 5.74) is 3.56. The van der Waals surface area contributed by atoms with Crippen LogP contribution in [0, 0.1) is 5.92 Å². The molecule has 1 atom stereocenters. The molecule has 0 saturated carbocycles. The summed E-state index contributed by atoms with van der Waals surface area (Å²) in [5.74, 6) is 0.479. The zero-order valence-electron chi connectivity index (χ0n) is 17.0. The maximum Gasteiger partial charge on any atom is 0.229 e. The van der Waals surface area contributed by atoms with E-state index in [2.05, 4.69) is 45.9 Å². The van der Waals surface area contributed by atoms with Crippen LogP contribution >= 0.6 is 11.6 Å². The van der Waals surface area contributed by atoms with E-state index in [-0.39, 0.29) is 17.4 Å². The average molecular weight is 412 g/mol. The van der Waals surface area contributed by atoms with Crippen molar-refractivity contribution < 1.29 is 4.79 Å². The molecule has 1 amide bonds. The minimum absolute atomic E-state index is 0.0117. The van der Waals surface area contributed by atoms with E-state index >= 15 is 0 Å². The number of likely N-dealkylation sites (tertiary alicyclic amines) is 1. The number of piperidine rings is 1. The van der Waals surface area contributed by atoms with Crippen LogP contribution in [-0.4, -0.2) is 44.4 Å². The molecule has 7 heteroatoms. The first-order valence-corrected chi connectivity index (χ1v) is 10.3. The first-order valence-electron chi connectivity index (χ1n) is 9.96. The summed E-state index contributed by atoms with van der Waals surface area (Å²) in [6, 6.07) is 5.73. The molecule has 1 fully saturated rings. The Labute approximate surface area is 175 Å². The highest BCUT2D eigenvalue weighted by molar-refractivity contribution is 6.33. The zero-order valence-corrected chi connectivity index (χ0v) is 17.8. The molecule has 6 nitrogen and oxygen atoms in total. The van der Waals surface area contributed by atoms with Gasteiger partial charge in [0.05, 0.1) is 22.0 Å². The monoisotopic (exact) mass is 411 g/mol. The fourth-order valence-corrected chi connectivity index (χ4v) is 4.05. The molecule has 3 aromatic heterocycles. The Kier molecular flexibility index (Phi) is 5.32. The molecule has 2 N–H and O–H groups in total. The molecule has 4 heterocycles. The Morgan fingerprint density at radius 2 is 2.10 bits per heavy atom. The molecule has 0 aromatic carbocycles. The van der Waals surface area contributed by atoms with Gasteiger partial charge in [-0.15, -0.1) is 0 Å². The van der Waals surface area contributed by atoms with Crippen LogP contribution in [0.15, 0.2) is 36.8 Å². The van der Waals surface area contributed by atoms with Gasteiger partial charge in [-0.3, -0.25) is 14.7 Å². The van der Waals surface area contributed by atoms with Gasteiger partial charge in [-0.1, -0.05) is 11.6 Å². The highest BCUT2D eigenvalue weighted by atomic mass is 35.5. The van der Waals surface area contributed by atoms with Crippen molar-refractivity contribution >= 4 is 34.4 Å². The summed E-state index contributed by atoms with van der Waals surface area (Å²) in [6.45, 7) is 8.37. The lowest BCUT2D eigenvalue weighted by molar-refractivity contribution is -0.122. The number of pyridine rings is 2. The fraction of sp³-hybridized carbons (Fsp3) is 0.409. The summed E-state index contributed by atoms with van der Waals surface area (Å²) < 4.78 is 0. The quantitative estimate of drug-likeness (QED) is 0.653. The number of hydrogen-bond acceptors (Lipinski definition) is 4. The van der Waals surface area contributed by atoms with E-state index in [0.29, 0.717) is 10.8 Å². The molecule has 3 aromatic rings. The summed E-state index contributed by atoms with van der Waals surface area (Å²) in [6.07, 6.45) is 7.13. The second-order valence-corrected chi connectivity index (χ2v) is 9.04. The van der Waals surface area contributed by atoms with Crippen molar-refractivity contribution in [3.05, 3.63) is 41.8 Å². The minimum Gasteiger partial charge on any atom is -0.360 e. The lowest BCUT2D eigenvalue weighted by atomic mass is 9.93. The van der Waals surface area contributed by atoms with E-state index in [1.54, 1.807) is 12.4 Å². The van der Waals surface area contributed by atoms with Gasteiger partial charge in [-0.05, 0) is 58.4 Å². The molecule has 4 rings (SSSR count). The van der Waals surface area contributed by atoms with E-state index in [0.717, 1.165) is 48.1 Å². The SMILES string of the molecule is CC(C)(C)N1CCC[C@@H](C(=O)Nc2cc(-c3cnc4cc[nH]c4c3)c(Cl)cn2)C1. The van der Waals surface area contributed by atoms with Gasteiger partial charge in [-0.2, -0.15) is 0 Å². The summed E-state index contributed by atoms with van der Waals surface area (Å²) in [5, 5.41) is 3.51. The molecule has 1 saturated heterocycles. The number of hydrogen-bond donors (Lipinski definition) is 2. The second kappa shape index (κ2) is 7.76. The number of fused-ring (bicyclic) bond motifs is 1. The van der Waals surface area contributed by atoms with Crippen molar-refractivity contribution in [1.29, 1.82) is 0 Å². The number of carbonyl (C=O) groups is 1. The Hall–Kier alpha value is -2.44. The lowest BCUT2D eigenvalue weighted by Gasteiger charge is -2.41. The molecule has 152 valence electrons. The number of rotatable bonds is 3. The lowest BCUT2D eigenvalue weighted by Crippen LogP contribution is -2.49. The number of carbonyl (C=O) groups excluding carboxylic acids is 1. The van der Waals surface area contributed by atoms with Crippen molar-refractivity contribution in [2.75, 3.05) is 18.4 Å². The first-order chi connectivity index (χ1) is 13.8. The van der Waals surface area contributed by atoms with Crippen molar-refractivity contribution in [3.63, 3.8) is 0 Å². The van der Waals surface area contributed by atoms with Crippen molar-refractivity contribution in [1.82, 2.24) is 19.9 Å². The first kappa shape index (κ1) is 19.9. The Morgan fingerprint density at radius 1 is 1.28 bits per heavy atom. The van der Waals surface area contributed by atoms with E-state index in [9.17, 15) is 4.79 Å². The normalized spacial score (nSPS) is 18.1. The number of aromatic amines is 1. The van der Waals surface area contributed by atoms with Crippen molar-refractivity contribution in [2.24, 2.45) is 5.92 Å². The zero-order chi connectivity index (χ0) is 20.6. The van der Waals surface area contributed by atoms with Crippen LogP contribution < -0.4 is 5.32 Å². The Balaban J connectivity index is 1.53. The third kappa shape index (κ3) is 4.28. The number of H-pyrrole nitrogens is 1. The minimum atomic E-state index is -0.0409. The molecule has 0 bridgehead atoms. The van der Waals surface area contributed by atoms with Crippen LogP contribution in [0.1, 0.15) is 33.6 Å². The van der Waals surface area contributed by atoms with E-state index < -0.39 is 0 Å². The molecule has 1 aliphatic heterocycles. The molecule has 0 radical (unpaired) electrons. The molecule has 0 spiro atoms. The topological polar surface area (TPSA) is 73.9 Å². The van der Waals surface area contributed by atoms with Gasteiger partial charge in [0.25, 0.3) is 0 Å². The molecule has 0 unspecified atom stereocenters. The fourth-order valence-electron chi connectivity index (χ4n) is 3.84. The third-order valence-corrected chi connectivity index (χ3v) is 5.86. The Morgan fingerprint density at radius 3 is 2.90 bits per heavy atom. The Bertz CT molecular complexity index is 1040. The van der Waals surface area contributed by atoms with E-state index in [1.165, 1.54) is 0 Å². The molecular formula is C22H26ClN5O. The number of halogens is 1. The summed E-state index contributed by atoms with van der Waals surface area (Å²) in [4.78, 5) is 27.2. The number of anilines is 1. The molecule has 0 aliphatic carbocycles. The standard InChI is InChI=1S/C22H26ClN5O/c1-22(2,3)28-8-4-5-14(13-28)21(29)27-20-10-16(17(23)12-26-20)15-9-19-18(25-11-15)6-7-24-19/h6-7,9-12,14,24H,4-5,8,13H2,1-3H3,(H,26,27,29)/t14-/m1/s1. The highest BCUT2D eigenvalue weighted by Gasteiger charge is 2.31. The van der Waals surface area contributed by atoms with Crippen LogP contribution in [0.2, 0.25) is 5.02 Å². The van der Waals surface area contributed by atoms with Gasteiger partial charge in [-0.25, -0.2) is 4.98 Å². The number of nitrogens with one attached hydrogen (secondary N) is 2. The second-order valence-electron chi connectivity index (χ2n) is 8.63. The predicted molar refractivity (Wildman–Crippen MR) is 117 cm³/mol. The van der Waals surface area contributed by atoms with Gasteiger partial charge >= 0.3 is 0 Å². The van der Waals surface area contributed by atoms with Crippen LogP contribution in [0.25, 0.3) is 22.2 Å². The van der Waals surface area contributed by atoms with Crippen LogP contribution in [0.5, 0.6) is 0 Å². The maximum atomic E-state index is 12.9. The van der Waals surface area contributed by atoms with E-state index in [1.807, 2.05) is 24.4 Å². The van der Waals surface area contributed by atoms with E-state index in [4.69, 9.17) is 11.6 Å². The number of amides is 1. The maximum absolute atomic E-state index is 12.9. The number of aromatic nitrogens is 3. The average Bonchev–Trinajstić information content (AvgIpc) is 3.16. The van der Waals surface area contributed by atoms with Gasteiger partial charge in [0.1, 0.15) is 5.82 Å². The third-order valence-electron chi connectivity index (χ3n) is 5.56. The van der Waals surface area contributed by atoms with Crippen molar-refractivity contribution in [2.45, 2.75) is 39.2 Å². The van der Waals surface area contributed by atoms with Gasteiger partial charge < -0.3 is 10.3 Å². The molecular weight excluding hydrogens is 386 g/mol. The van der Waals surface area contributed by atoms with Gasteiger partial charge in [0.2, 0.25) is 5.91 Å². The van der Waals surface area contributed by atoms with Crippen LogP contribution in [-0.2, 0) is 4.79 Å². The molecule has 29 heavy (non-hydrogen) atoms. The molecule has 1 aliphatic rings. The smallest absolute Gasteiger partial charge is 0.229 e. The highest BCUT2D eigenvalue weighted by Crippen LogP contribution is 2.31. The predicted octanol–water partition coefficient (Wildman–Crippen LogP) is 4.73. The largest absolute Gasteiger partial charge is 0.360 e. The van der Waals surface area contributed by atoms with Gasteiger partial charge in [0, 0.05) is 41.8 Å². The van der Waals surface area contributed by atoms with Crippen molar-refractivity contribution in [3.8, 4) is 11.1 Å².